The number of rotatable bonds is 10. The summed E-state index contributed by atoms with van der Waals surface area (Å²) in [6.07, 6.45) is 4.93. The van der Waals surface area contributed by atoms with Crippen LogP contribution in [0.4, 0.5) is 17.6 Å². The standard InChI is InChI=1S/C21H30F4O6S/c1-13(12-30-5-4-20(22,23)21(24,25)32(27,28)29)17(26)31-18(2,3)19-9-14-6-15(10-19)8-16(7-14)11-19/h14-16H,1,4-12H2,2-3H3,(H,27,28,29)/p-1. The fourth-order valence-electron chi connectivity index (χ4n) is 6.04. The van der Waals surface area contributed by atoms with Crippen molar-refractivity contribution in [2.24, 2.45) is 23.2 Å². The molecule has 4 bridgehead atoms. The molecular weight excluding hydrogens is 456 g/mol. The molecule has 0 saturated heterocycles. The summed E-state index contributed by atoms with van der Waals surface area (Å²) in [5.41, 5.74) is -1.05. The highest BCUT2D eigenvalue weighted by Crippen LogP contribution is 2.64. The Hall–Kier alpha value is -1.20. The van der Waals surface area contributed by atoms with Crippen LogP contribution in [-0.4, -0.2) is 48.9 Å². The zero-order chi connectivity index (χ0) is 24.2. The molecule has 0 unspecified atom stereocenters. The smallest absolute Gasteiger partial charge is 0.396 e. The normalized spacial score (nSPS) is 30.4. The molecule has 0 radical (unpaired) electrons. The van der Waals surface area contributed by atoms with Crippen LogP contribution in [0, 0.1) is 23.2 Å². The van der Waals surface area contributed by atoms with Crippen molar-refractivity contribution in [2.75, 3.05) is 13.2 Å². The number of halogens is 4. The zero-order valence-corrected chi connectivity index (χ0v) is 19.0. The molecule has 4 saturated carbocycles. The molecule has 0 amide bonds. The van der Waals surface area contributed by atoms with Crippen LogP contribution in [0.1, 0.15) is 58.8 Å². The van der Waals surface area contributed by atoms with Crippen molar-refractivity contribution < 1.29 is 44.8 Å². The lowest BCUT2D eigenvalue weighted by atomic mass is 9.46. The van der Waals surface area contributed by atoms with Crippen molar-refractivity contribution in [3.05, 3.63) is 12.2 Å². The summed E-state index contributed by atoms with van der Waals surface area (Å²) in [6, 6.07) is 0. The number of hydrogen-bond donors (Lipinski definition) is 0. The first-order valence-corrected chi connectivity index (χ1v) is 12.1. The van der Waals surface area contributed by atoms with E-state index < -0.39 is 52.5 Å². The monoisotopic (exact) mass is 485 g/mol. The van der Waals surface area contributed by atoms with Crippen molar-refractivity contribution in [2.45, 2.75) is 75.6 Å². The molecule has 11 heteroatoms. The van der Waals surface area contributed by atoms with E-state index in [2.05, 4.69) is 6.58 Å². The first kappa shape index (κ1) is 25.4. The molecule has 4 fully saturated rings. The van der Waals surface area contributed by atoms with Crippen LogP contribution in [0.2, 0.25) is 0 Å². The molecular formula is C21H29F4O6S-. The summed E-state index contributed by atoms with van der Waals surface area (Å²) >= 11 is 0. The summed E-state index contributed by atoms with van der Waals surface area (Å²) in [7, 11) is -6.55. The molecule has 0 atom stereocenters. The molecule has 0 aliphatic heterocycles. The van der Waals surface area contributed by atoms with Gasteiger partial charge in [0.2, 0.25) is 0 Å². The van der Waals surface area contributed by atoms with E-state index >= 15 is 0 Å². The number of carbonyl (C=O) groups excluding carboxylic acids is 1. The second kappa shape index (κ2) is 8.23. The second-order valence-electron chi connectivity index (χ2n) is 10.2. The molecule has 0 heterocycles. The van der Waals surface area contributed by atoms with Gasteiger partial charge in [0, 0.05) is 11.8 Å². The maximum Gasteiger partial charge on any atom is 0.396 e. The van der Waals surface area contributed by atoms with Gasteiger partial charge in [-0.15, -0.1) is 0 Å². The third-order valence-corrected chi connectivity index (χ3v) is 8.46. The van der Waals surface area contributed by atoms with Gasteiger partial charge in [0.15, 0.2) is 10.1 Å². The largest absolute Gasteiger partial charge is 0.743 e. The maximum atomic E-state index is 13.4. The third-order valence-electron chi connectivity index (χ3n) is 7.53. The van der Waals surface area contributed by atoms with Gasteiger partial charge in [-0.1, -0.05) is 6.58 Å². The summed E-state index contributed by atoms with van der Waals surface area (Å²) in [4.78, 5) is 12.5. The predicted molar refractivity (Wildman–Crippen MR) is 105 cm³/mol. The van der Waals surface area contributed by atoms with Crippen LogP contribution >= 0.6 is 0 Å². The van der Waals surface area contributed by atoms with Gasteiger partial charge in [0.25, 0.3) is 0 Å². The van der Waals surface area contributed by atoms with Gasteiger partial charge in [-0.3, -0.25) is 0 Å². The van der Waals surface area contributed by atoms with Gasteiger partial charge in [0.05, 0.1) is 18.8 Å². The fourth-order valence-corrected chi connectivity index (χ4v) is 6.51. The molecule has 0 aromatic rings. The highest BCUT2D eigenvalue weighted by atomic mass is 32.2. The molecule has 0 aromatic carbocycles. The van der Waals surface area contributed by atoms with E-state index in [1.165, 1.54) is 19.3 Å². The Morgan fingerprint density at radius 3 is 1.97 bits per heavy atom. The molecule has 0 spiro atoms. The minimum atomic E-state index is -6.55. The Labute approximate surface area is 185 Å². The Bertz CT molecular complexity index is 832. The average molecular weight is 486 g/mol. The van der Waals surface area contributed by atoms with Crippen LogP contribution in [0.25, 0.3) is 0 Å². The van der Waals surface area contributed by atoms with Crippen molar-refractivity contribution >= 4 is 16.1 Å². The second-order valence-corrected chi connectivity index (χ2v) is 11.6. The van der Waals surface area contributed by atoms with E-state index in [-0.39, 0.29) is 11.0 Å². The average Bonchev–Trinajstić information content (AvgIpc) is 2.62. The van der Waals surface area contributed by atoms with Crippen molar-refractivity contribution in [1.29, 1.82) is 0 Å². The molecule has 184 valence electrons. The van der Waals surface area contributed by atoms with E-state index in [0.29, 0.717) is 17.8 Å². The fraction of sp³-hybridized carbons (Fsp3) is 0.857. The minimum Gasteiger partial charge on any atom is -0.743 e. The van der Waals surface area contributed by atoms with Crippen LogP contribution in [0.5, 0.6) is 0 Å². The molecule has 6 nitrogen and oxygen atoms in total. The van der Waals surface area contributed by atoms with E-state index in [4.69, 9.17) is 9.47 Å². The van der Waals surface area contributed by atoms with Gasteiger partial charge in [-0.25, -0.2) is 13.2 Å². The highest BCUT2D eigenvalue weighted by molar-refractivity contribution is 7.86. The number of esters is 1. The first-order valence-electron chi connectivity index (χ1n) is 10.7. The van der Waals surface area contributed by atoms with Gasteiger partial charge >= 0.3 is 17.1 Å². The van der Waals surface area contributed by atoms with Crippen LogP contribution in [-0.2, 0) is 24.4 Å². The molecule has 4 aliphatic carbocycles. The van der Waals surface area contributed by atoms with Crippen LogP contribution < -0.4 is 0 Å². The lowest BCUT2D eigenvalue weighted by Crippen LogP contribution is -2.57. The van der Waals surface area contributed by atoms with Crippen LogP contribution in [0.15, 0.2) is 12.2 Å². The number of carbonyl (C=O) groups is 1. The number of hydrogen-bond acceptors (Lipinski definition) is 6. The first-order chi connectivity index (χ1) is 14.5. The van der Waals surface area contributed by atoms with Gasteiger partial charge in [-0.05, 0) is 70.1 Å². The summed E-state index contributed by atoms with van der Waals surface area (Å²) in [5, 5.41) is -5.76. The lowest BCUT2D eigenvalue weighted by Gasteiger charge is -2.61. The molecule has 0 aromatic heterocycles. The van der Waals surface area contributed by atoms with Crippen molar-refractivity contribution in [1.82, 2.24) is 0 Å². The van der Waals surface area contributed by atoms with E-state index in [1.54, 1.807) is 0 Å². The predicted octanol–water partition coefficient (Wildman–Crippen LogP) is 4.26. The Morgan fingerprint density at radius 1 is 1.06 bits per heavy atom. The third kappa shape index (κ3) is 4.57. The number of alkyl halides is 4. The van der Waals surface area contributed by atoms with E-state index in [0.717, 1.165) is 19.3 Å². The van der Waals surface area contributed by atoms with Crippen molar-refractivity contribution in [3.8, 4) is 0 Å². The SMILES string of the molecule is C=C(COCCC(F)(F)C(F)(F)S(=O)(=O)[O-])C(=O)OC(C)(C)C12CC3CC(CC(C3)C1)C2. The zero-order valence-electron chi connectivity index (χ0n) is 18.2. The van der Waals surface area contributed by atoms with Gasteiger partial charge in [-0.2, -0.15) is 17.6 Å². The minimum absolute atomic E-state index is 0.115. The summed E-state index contributed by atoms with van der Waals surface area (Å²) < 4.78 is 94.9. The summed E-state index contributed by atoms with van der Waals surface area (Å²) in [5.74, 6) is -3.95. The number of ether oxygens (including phenoxy) is 2. The highest BCUT2D eigenvalue weighted by Gasteiger charge is 2.61. The Morgan fingerprint density at radius 2 is 1.53 bits per heavy atom. The molecule has 32 heavy (non-hydrogen) atoms. The van der Waals surface area contributed by atoms with Gasteiger partial charge in [0.1, 0.15) is 5.60 Å². The Balaban J connectivity index is 1.51. The summed E-state index contributed by atoms with van der Waals surface area (Å²) in [6.45, 7) is 5.71. The van der Waals surface area contributed by atoms with E-state index in [9.17, 15) is 35.3 Å². The van der Waals surface area contributed by atoms with E-state index in [1.807, 2.05) is 13.8 Å². The quantitative estimate of drug-likeness (QED) is 0.151. The molecule has 4 rings (SSSR count). The van der Waals surface area contributed by atoms with Gasteiger partial charge < -0.3 is 14.0 Å². The van der Waals surface area contributed by atoms with Crippen molar-refractivity contribution in [3.63, 3.8) is 0 Å². The lowest BCUT2D eigenvalue weighted by molar-refractivity contribution is -0.195. The molecule has 4 aliphatic rings. The van der Waals surface area contributed by atoms with Crippen LogP contribution in [0.3, 0.4) is 0 Å². The topological polar surface area (TPSA) is 92.7 Å². The maximum absolute atomic E-state index is 13.4. The Kier molecular flexibility index (Phi) is 6.54. The molecule has 0 N–H and O–H groups in total.